The van der Waals surface area contributed by atoms with E-state index >= 15 is 0 Å². The molecule has 66 valence electrons. The molecule has 0 aromatic heterocycles. The van der Waals surface area contributed by atoms with Crippen LogP contribution in [0.15, 0.2) is 0 Å². The zero-order valence-corrected chi connectivity index (χ0v) is 9.86. The number of hydrogen-bond donors (Lipinski definition) is 0. The zero-order valence-electron chi connectivity index (χ0n) is 7.70. The maximum atomic E-state index is 2.71. The van der Waals surface area contributed by atoms with E-state index in [9.17, 15) is 0 Å². The van der Waals surface area contributed by atoms with Gasteiger partial charge in [-0.1, -0.05) is 55.7 Å². The van der Waals surface area contributed by atoms with Crippen molar-refractivity contribution in [2.75, 3.05) is 0 Å². The van der Waals surface area contributed by atoms with Crippen molar-refractivity contribution in [3.05, 3.63) is 0 Å². The Labute approximate surface area is 84.3 Å². The third-order valence-corrected chi connectivity index (χ3v) is 4.04. The van der Waals surface area contributed by atoms with Gasteiger partial charge in [0.25, 0.3) is 0 Å². The van der Waals surface area contributed by atoms with Gasteiger partial charge in [0, 0.05) is 3.42 Å². The van der Waals surface area contributed by atoms with Crippen LogP contribution in [0.1, 0.15) is 52.4 Å². The summed E-state index contributed by atoms with van der Waals surface area (Å²) in [6.45, 7) is 4.68. The summed E-state index contributed by atoms with van der Waals surface area (Å²) in [5, 5.41) is 0. The number of alkyl halides is 1. The molecule has 0 spiro atoms. The predicted octanol–water partition coefficient (Wildman–Crippen LogP) is 4.17. The summed E-state index contributed by atoms with van der Waals surface area (Å²) in [5.74, 6) is 0.880. The molecule has 1 rings (SSSR count). The van der Waals surface area contributed by atoms with Gasteiger partial charge in [-0.05, 0) is 25.2 Å². The molecule has 0 atom stereocenters. The average molecular weight is 266 g/mol. The van der Waals surface area contributed by atoms with Gasteiger partial charge in [-0.2, -0.15) is 0 Å². The first-order valence-corrected chi connectivity index (χ1v) is 5.89. The molecule has 0 unspecified atom stereocenters. The second kappa shape index (κ2) is 4.11. The lowest BCUT2D eigenvalue weighted by molar-refractivity contribution is 0.359. The summed E-state index contributed by atoms with van der Waals surface area (Å²) in [4.78, 5) is 0. The van der Waals surface area contributed by atoms with Crippen LogP contribution in [-0.2, 0) is 0 Å². The summed E-state index contributed by atoms with van der Waals surface area (Å²) >= 11 is 2.71. The van der Waals surface area contributed by atoms with Crippen molar-refractivity contribution >= 4 is 22.6 Å². The van der Waals surface area contributed by atoms with Gasteiger partial charge < -0.3 is 0 Å². The molecular formula is C10H19I. The topological polar surface area (TPSA) is 0 Å². The molecule has 0 radical (unpaired) electrons. The van der Waals surface area contributed by atoms with E-state index in [2.05, 4.69) is 36.4 Å². The van der Waals surface area contributed by atoms with E-state index in [0.717, 1.165) is 5.92 Å². The van der Waals surface area contributed by atoms with Crippen molar-refractivity contribution in [3.63, 3.8) is 0 Å². The molecule has 1 heteroatoms. The normalized spacial score (nSPS) is 24.0. The Bertz CT molecular complexity index is 112. The lowest BCUT2D eigenvalue weighted by atomic mass is 9.83. The molecule has 0 heterocycles. The van der Waals surface area contributed by atoms with E-state index < -0.39 is 0 Å². The van der Waals surface area contributed by atoms with Crippen molar-refractivity contribution < 1.29 is 0 Å². The molecule has 0 saturated heterocycles. The molecule has 1 aliphatic rings. The Balaban J connectivity index is 2.37. The summed E-state index contributed by atoms with van der Waals surface area (Å²) in [5.41, 5.74) is 0. The fraction of sp³-hybridized carbons (Fsp3) is 1.00. The van der Waals surface area contributed by atoms with Crippen LogP contribution in [-0.4, -0.2) is 3.42 Å². The molecular weight excluding hydrogens is 247 g/mol. The fourth-order valence-corrected chi connectivity index (χ4v) is 3.76. The van der Waals surface area contributed by atoms with Gasteiger partial charge in [-0.25, -0.2) is 0 Å². The molecule has 0 aliphatic heterocycles. The number of rotatable bonds is 2. The van der Waals surface area contributed by atoms with Crippen LogP contribution < -0.4 is 0 Å². The first-order valence-electron chi connectivity index (χ1n) is 4.81. The number of halogens is 1. The Morgan fingerprint density at radius 2 is 1.73 bits per heavy atom. The number of hydrogen-bond acceptors (Lipinski definition) is 0. The van der Waals surface area contributed by atoms with E-state index in [1.165, 1.54) is 38.5 Å². The largest absolute Gasteiger partial charge is 0.0789 e. The van der Waals surface area contributed by atoms with Crippen LogP contribution in [0.4, 0.5) is 0 Å². The van der Waals surface area contributed by atoms with Crippen LogP contribution in [0.5, 0.6) is 0 Å². The maximum Gasteiger partial charge on any atom is 0.0224 e. The van der Waals surface area contributed by atoms with Crippen molar-refractivity contribution in [3.8, 4) is 0 Å². The molecule has 0 N–H and O–H groups in total. The van der Waals surface area contributed by atoms with Crippen LogP contribution in [0.25, 0.3) is 0 Å². The quantitative estimate of drug-likeness (QED) is 0.519. The first kappa shape index (κ1) is 9.82. The molecule has 1 saturated carbocycles. The van der Waals surface area contributed by atoms with E-state index in [-0.39, 0.29) is 0 Å². The molecule has 11 heavy (non-hydrogen) atoms. The van der Waals surface area contributed by atoms with Gasteiger partial charge in [-0.15, -0.1) is 0 Å². The molecule has 0 nitrogen and oxygen atoms in total. The van der Waals surface area contributed by atoms with Crippen LogP contribution in [0, 0.1) is 5.92 Å². The van der Waals surface area contributed by atoms with Crippen molar-refractivity contribution in [2.45, 2.75) is 55.8 Å². The van der Waals surface area contributed by atoms with Gasteiger partial charge in [0.05, 0.1) is 0 Å². The van der Waals surface area contributed by atoms with E-state index in [0.29, 0.717) is 3.42 Å². The minimum Gasteiger partial charge on any atom is -0.0789 e. The van der Waals surface area contributed by atoms with Crippen molar-refractivity contribution in [1.82, 2.24) is 0 Å². The lowest BCUT2D eigenvalue weighted by Gasteiger charge is -2.33. The lowest BCUT2D eigenvalue weighted by Crippen LogP contribution is -2.25. The monoisotopic (exact) mass is 266 g/mol. The first-order chi connectivity index (χ1) is 5.12. The highest BCUT2D eigenvalue weighted by molar-refractivity contribution is 14.1. The van der Waals surface area contributed by atoms with Gasteiger partial charge in [0.15, 0.2) is 0 Å². The van der Waals surface area contributed by atoms with E-state index in [1.54, 1.807) is 0 Å². The van der Waals surface area contributed by atoms with E-state index in [4.69, 9.17) is 0 Å². The average Bonchev–Trinajstić information content (AvgIpc) is 1.85. The second-order valence-electron chi connectivity index (χ2n) is 4.31. The minimum absolute atomic E-state index is 0.671. The third kappa shape index (κ3) is 3.30. The summed E-state index contributed by atoms with van der Waals surface area (Å²) in [6, 6.07) is 0. The highest BCUT2D eigenvalue weighted by Crippen LogP contribution is 2.40. The van der Waals surface area contributed by atoms with Gasteiger partial charge in [0.1, 0.15) is 0 Å². The highest BCUT2D eigenvalue weighted by atomic mass is 127. The van der Waals surface area contributed by atoms with Crippen molar-refractivity contribution in [2.24, 2.45) is 5.92 Å². The second-order valence-corrected chi connectivity index (χ2v) is 6.60. The standard InChI is InChI=1S/C10H19I/c1-9(2)8-10(11)6-4-3-5-7-10/h9H,3-8H2,1-2H3. The third-order valence-electron chi connectivity index (χ3n) is 2.52. The van der Waals surface area contributed by atoms with Gasteiger partial charge >= 0.3 is 0 Å². The zero-order chi connectivity index (χ0) is 8.32. The predicted molar refractivity (Wildman–Crippen MR) is 59.3 cm³/mol. The Hall–Kier alpha value is 0.730. The highest BCUT2D eigenvalue weighted by Gasteiger charge is 2.28. The Kier molecular flexibility index (Phi) is 3.66. The van der Waals surface area contributed by atoms with Crippen LogP contribution in [0.2, 0.25) is 0 Å². The summed E-state index contributed by atoms with van der Waals surface area (Å²) in [6.07, 6.45) is 8.76. The molecule has 1 aliphatic carbocycles. The van der Waals surface area contributed by atoms with Crippen LogP contribution >= 0.6 is 22.6 Å². The molecule has 0 bridgehead atoms. The molecule has 1 fully saturated rings. The Morgan fingerprint density at radius 1 is 1.18 bits per heavy atom. The molecule has 0 aromatic rings. The van der Waals surface area contributed by atoms with Crippen molar-refractivity contribution in [1.29, 1.82) is 0 Å². The van der Waals surface area contributed by atoms with E-state index in [1.807, 2.05) is 0 Å². The SMILES string of the molecule is CC(C)CC1(I)CCCCC1. The van der Waals surface area contributed by atoms with Gasteiger partial charge in [0.2, 0.25) is 0 Å². The van der Waals surface area contributed by atoms with Crippen LogP contribution in [0.3, 0.4) is 0 Å². The smallest absolute Gasteiger partial charge is 0.0224 e. The fourth-order valence-electron chi connectivity index (χ4n) is 2.12. The summed E-state index contributed by atoms with van der Waals surface area (Å²) < 4.78 is 0.671. The van der Waals surface area contributed by atoms with Gasteiger partial charge in [-0.3, -0.25) is 0 Å². The molecule has 0 amide bonds. The minimum atomic E-state index is 0.671. The summed E-state index contributed by atoms with van der Waals surface area (Å²) in [7, 11) is 0. The Morgan fingerprint density at radius 3 is 2.18 bits per heavy atom. The maximum absolute atomic E-state index is 2.71. The molecule has 0 aromatic carbocycles.